The van der Waals surface area contributed by atoms with Crippen molar-refractivity contribution in [1.82, 2.24) is 4.90 Å². The van der Waals surface area contributed by atoms with E-state index >= 15 is 0 Å². The van der Waals surface area contributed by atoms with E-state index in [1.165, 1.54) is 27.6 Å². The molecule has 0 spiro atoms. The van der Waals surface area contributed by atoms with Gasteiger partial charge in [0.1, 0.15) is 0 Å². The summed E-state index contributed by atoms with van der Waals surface area (Å²) >= 11 is 0. The molecule has 3 unspecified atom stereocenters. The second kappa shape index (κ2) is 7.81. The van der Waals surface area contributed by atoms with Gasteiger partial charge in [-0.3, -0.25) is 4.79 Å². The van der Waals surface area contributed by atoms with E-state index < -0.39 is 0 Å². The first-order valence-corrected chi connectivity index (χ1v) is 12.0. The summed E-state index contributed by atoms with van der Waals surface area (Å²) in [7, 11) is 0. The lowest BCUT2D eigenvalue weighted by Crippen LogP contribution is -2.38. The number of carbonyl (C=O) groups is 1. The van der Waals surface area contributed by atoms with Crippen molar-refractivity contribution in [2.75, 3.05) is 18.4 Å². The number of hydrogen-bond acceptors (Lipinski definition) is 2. The lowest BCUT2D eigenvalue weighted by molar-refractivity contribution is 0.0697. The van der Waals surface area contributed by atoms with Gasteiger partial charge in [-0.15, -0.1) is 0 Å². The molecule has 3 atom stereocenters. The third-order valence-corrected chi connectivity index (χ3v) is 7.81. The van der Waals surface area contributed by atoms with Gasteiger partial charge in [0.2, 0.25) is 0 Å². The van der Waals surface area contributed by atoms with Crippen LogP contribution in [0.2, 0.25) is 0 Å². The van der Waals surface area contributed by atoms with Crippen molar-refractivity contribution in [2.24, 2.45) is 11.8 Å². The van der Waals surface area contributed by atoms with E-state index in [0.29, 0.717) is 11.8 Å². The van der Waals surface area contributed by atoms with E-state index in [4.69, 9.17) is 0 Å². The summed E-state index contributed by atoms with van der Waals surface area (Å²) < 4.78 is 0. The topological polar surface area (TPSA) is 32.3 Å². The van der Waals surface area contributed by atoms with Gasteiger partial charge in [0.05, 0.1) is 6.04 Å². The molecule has 3 heteroatoms. The number of piperidine rings is 1. The molecule has 1 amide bonds. The van der Waals surface area contributed by atoms with Gasteiger partial charge in [-0.2, -0.15) is 0 Å². The molecular formula is C29H30N2O. The van der Waals surface area contributed by atoms with E-state index in [2.05, 4.69) is 79.0 Å². The van der Waals surface area contributed by atoms with Crippen LogP contribution in [0.1, 0.15) is 59.6 Å². The van der Waals surface area contributed by atoms with Gasteiger partial charge >= 0.3 is 0 Å². The Labute approximate surface area is 190 Å². The summed E-state index contributed by atoms with van der Waals surface area (Å²) in [6, 6.07) is 22.0. The van der Waals surface area contributed by atoms with Crippen molar-refractivity contribution in [3.05, 3.63) is 89.5 Å². The summed E-state index contributed by atoms with van der Waals surface area (Å²) in [4.78, 5) is 15.2. The normalized spacial score (nSPS) is 24.8. The predicted octanol–water partition coefficient (Wildman–Crippen LogP) is 6.54. The largest absolute Gasteiger partial charge is 0.378 e. The number of anilines is 1. The van der Waals surface area contributed by atoms with Gasteiger partial charge in [0.25, 0.3) is 5.91 Å². The fourth-order valence-corrected chi connectivity index (χ4v) is 5.85. The van der Waals surface area contributed by atoms with Crippen molar-refractivity contribution >= 4 is 22.4 Å². The molecule has 6 rings (SSSR count). The predicted molar refractivity (Wildman–Crippen MR) is 131 cm³/mol. The Morgan fingerprint density at radius 1 is 0.969 bits per heavy atom. The number of hydrogen-bond donors (Lipinski definition) is 1. The van der Waals surface area contributed by atoms with Crippen molar-refractivity contribution in [3.63, 3.8) is 0 Å². The molecule has 0 saturated carbocycles. The van der Waals surface area contributed by atoms with Crippen molar-refractivity contribution in [1.29, 1.82) is 0 Å². The van der Waals surface area contributed by atoms with Crippen LogP contribution in [0.15, 0.2) is 72.8 Å². The Morgan fingerprint density at radius 2 is 1.78 bits per heavy atom. The third-order valence-electron chi connectivity index (χ3n) is 7.81. The molecule has 3 aromatic rings. The van der Waals surface area contributed by atoms with Crippen LogP contribution in [-0.4, -0.2) is 23.9 Å². The monoisotopic (exact) mass is 422 g/mol. The number of rotatable bonds is 2. The Hall–Kier alpha value is -3.07. The van der Waals surface area contributed by atoms with Crippen LogP contribution in [0.3, 0.4) is 0 Å². The van der Waals surface area contributed by atoms with E-state index in [0.717, 1.165) is 43.8 Å². The van der Waals surface area contributed by atoms with Gasteiger partial charge in [0.15, 0.2) is 0 Å². The molecule has 0 aromatic heterocycles. The molecule has 2 aliphatic heterocycles. The number of benzene rings is 3. The zero-order valence-corrected chi connectivity index (χ0v) is 18.6. The van der Waals surface area contributed by atoms with Gasteiger partial charge in [-0.25, -0.2) is 0 Å². The van der Waals surface area contributed by atoms with Crippen LogP contribution < -0.4 is 5.32 Å². The van der Waals surface area contributed by atoms with E-state index in [-0.39, 0.29) is 11.9 Å². The lowest BCUT2D eigenvalue weighted by Gasteiger charge is -2.38. The highest BCUT2D eigenvalue weighted by Gasteiger charge is 2.38. The van der Waals surface area contributed by atoms with Gasteiger partial charge in [0, 0.05) is 30.3 Å². The van der Waals surface area contributed by atoms with E-state index in [9.17, 15) is 4.79 Å². The Morgan fingerprint density at radius 3 is 2.62 bits per heavy atom. The Kier molecular flexibility index (Phi) is 4.78. The molecule has 1 N–H and O–H groups in total. The van der Waals surface area contributed by atoms with Crippen molar-refractivity contribution < 1.29 is 4.79 Å². The molecule has 1 saturated heterocycles. The van der Waals surface area contributed by atoms with Crippen LogP contribution >= 0.6 is 0 Å². The molecule has 1 fully saturated rings. The molecule has 2 heterocycles. The number of likely N-dealkylation sites (tertiary alicyclic amines) is 1. The first-order valence-electron chi connectivity index (χ1n) is 12.0. The van der Waals surface area contributed by atoms with Crippen LogP contribution in [0.5, 0.6) is 0 Å². The minimum atomic E-state index is 0.190. The second-order valence-electron chi connectivity index (χ2n) is 9.86. The summed E-state index contributed by atoms with van der Waals surface area (Å²) in [5.41, 5.74) is 4.62. The van der Waals surface area contributed by atoms with Crippen LogP contribution in [0.25, 0.3) is 10.8 Å². The Balaban J connectivity index is 1.32. The average molecular weight is 423 g/mol. The molecule has 162 valence electrons. The molecule has 3 nitrogen and oxygen atoms in total. The molecule has 1 aliphatic carbocycles. The fraction of sp³-hybridized carbons (Fsp3) is 0.345. The van der Waals surface area contributed by atoms with E-state index in [1.54, 1.807) is 0 Å². The number of nitrogens with one attached hydrogen (secondary N) is 1. The van der Waals surface area contributed by atoms with Gasteiger partial charge in [-0.1, -0.05) is 55.5 Å². The highest BCUT2D eigenvalue weighted by atomic mass is 16.2. The molecule has 3 aliphatic rings. The second-order valence-corrected chi connectivity index (χ2v) is 9.86. The van der Waals surface area contributed by atoms with Crippen molar-refractivity contribution in [2.45, 2.75) is 38.1 Å². The molecular weight excluding hydrogens is 392 g/mol. The molecule has 32 heavy (non-hydrogen) atoms. The van der Waals surface area contributed by atoms with Gasteiger partial charge < -0.3 is 10.2 Å². The first kappa shape index (κ1) is 19.6. The van der Waals surface area contributed by atoms with Crippen LogP contribution in [0.4, 0.5) is 5.69 Å². The highest BCUT2D eigenvalue weighted by molar-refractivity contribution is 5.95. The minimum Gasteiger partial charge on any atom is -0.378 e. The first-order chi connectivity index (χ1) is 15.7. The van der Waals surface area contributed by atoms with Gasteiger partial charge in [-0.05, 0) is 77.3 Å². The summed E-state index contributed by atoms with van der Waals surface area (Å²) in [5.74, 6) is 1.75. The maximum atomic E-state index is 13.2. The Bertz CT molecular complexity index is 1200. The quantitative estimate of drug-likeness (QED) is 0.476. The maximum absolute atomic E-state index is 13.2. The molecule has 3 aromatic carbocycles. The van der Waals surface area contributed by atoms with Crippen molar-refractivity contribution in [3.8, 4) is 0 Å². The SMILES string of the molecule is CC1CCN(C(=O)c2ccc3c(c2)C2C=CCC2C(c2ccc4ccccc4c2)N3)CC1. The zero-order chi connectivity index (χ0) is 21.7. The number of nitrogens with zero attached hydrogens (tertiary/aromatic N) is 1. The zero-order valence-electron chi connectivity index (χ0n) is 18.6. The summed E-state index contributed by atoms with van der Waals surface area (Å²) in [6.45, 7) is 4.04. The number of carbonyl (C=O) groups excluding carboxylic acids is 1. The molecule has 0 bridgehead atoms. The standard InChI is InChI=1S/C29H30N2O/c1-19-13-15-31(16-14-19)29(32)23-11-12-27-26(18-23)24-7-4-8-25(24)28(30-27)22-10-9-20-5-2-3-6-21(20)17-22/h2-7,9-12,17-19,24-25,28,30H,8,13-16H2,1H3. The van der Waals surface area contributed by atoms with Crippen LogP contribution in [0, 0.1) is 11.8 Å². The van der Waals surface area contributed by atoms with E-state index in [1.807, 2.05) is 11.0 Å². The van der Waals surface area contributed by atoms with Crippen LogP contribution in [-0.2, 0) is 0 Å². The fourth-order valence-electron chi connectivity index (χ4n) is 5.85. The maximum Gasteiger partial charge on any atom is 0.253 e. The summed E-state index contributed by atoms with van der Waals surface area (Å²) in [6.07, 6.45) is 7.96. The summed E-state index contributed by atoms with van der Waals surface area (Å²) in [5, 5.41) is 6.41. The minimum absolute atomic E-state index is 0.190. The highest BCUT2D eigenvalue weighted by Crippen LogP contribution is 2.50. The number of amides is 1. The number of fused-ring (bicyclic) bond motifs is 4. The smallest absolute Gasteiger partial charge is 0.253 e. The number of allylic oxidation sites excluding steroid dienone is 2. The average Bonchev–Trinajstić information content (AvgIpc) is 3.33. The molecule has 0 radical (unpaired) electrons. The third kappa shape index (κ3) is 3.31. The lowest BCUT2D eigenvalue weighted by atomic mass is 9.76.